The summed E-state index contributed by atoms with van der Waals surface area (Å²) < 4.78 is 0. The Morgan fingerprint density at radius 2 is 1.96 bits per heavy atom. The van der Waals surface area contributed by atoms with Gasteiger partial charge in [0.05, 0.1) is 17.9 Å². The van der Waals surface area contributed by atoms with Crippen LogP contribution in [-0.4, -0.2) is 34.5 Å². The summed E-state index contributed by atoms with van der Waals surface area (Å²) in [5, 5.41) is 13.9. The van der Waals surface area contributed by atoms with Gasteiger partial charge in [0.25, 0.3) is 0 Å². The third-order valence-corrected chi connectivity index (χ3v) is 3.91. The normalized spacial score (nSPS) is 21.4. The van der Waals surface area contributed by atoms with E-state index in [9.17, 15) is 9.59 Å². The minimum atomic E-state index is -1.83. The molecule has 3 N–H and O–H groups in total. The van der Waals surface area contributed by atoms with Crippen LogP contribution in [0.3, 0.4) is 0 Å². The van der Waals surface area contributed by atoms with Gasteiger partial charge in [-0.1, -0.05) is 40.2 Å². The lowest BCUT2D eigenvalue weighted by molar-refractivity contribution is -0.131. The van der Waals surface area contributed by atoms with E-state index in [0.717, 1.165) is 6.42 Å². The van der Waals surface area contributed by atoms with Gasteiger partial charge in [-0.25, -0.2) is 4.79 Å². The molecule has 24 heavy (non-hydrogen) atoms. The molecule has 136 valence electrons. The summed E-state index contributed by atoms with van der Waals surface area (Å²) in [5.41, 5.74) is 3.38. The number of nitrogens with one attached hydrogen (secondary N) is 1. The zero-order valence-corrected chi connectivity index (χ0v) is 14.7. The lowest BCUT2D eigenvalue weighted by Gasteiger charge is -2.36. The lowest BCUT2D eigenvalue weighted by Crippen LogP contribution is -2.41. The van der Waals surface area contributed by atoms with Crippen LogP contribution in [-0.2, 0) is 14.4 Å². The Hall–Kier alpha value is -2.15. The SMILES string of the molecule is C=CCONC(CCC)=C1C(=O)CC(C)(C)C(C)C1=O.O=C(O)O. The quantitative estimate of drug-likeness (QED) is 0.223. The molecule has 0 bridgehead atoms. The molecule has 1 rings (SSSR count). The van der Waals surface area contributed by atoms with E-state index in [-0.39, 0.29) is 22.9 Å². The van der Waals surface area contributed by atoms with E-state index in [1.807, 2.05) is 27.7 Å². The maximum absolute atomic E-state index is 12.5. The molecule has 1 fully saturated rings. The van der Waals surface area contributed by atoms with Crippen LogP contribution in [0, 0.1) is 11.3 Å². The third kappa shape index (κ3) is 6.54. The molecule has 1 aliphatic rings. The third-order valence-electron chi connectivity index (χ3n) is 3.91. The Labute approximate surface area is 142 Å². The van der Waals surface area contributed by atoms with Gasteiger partial charge in [0.15, 0.2) is 11.6 Å². The first-order valence-electron chi connectivity index (χ1n) is 7.79. The summed E-state index contributed by atoms with van der Waals surface area (Å²) in [6.45, 7) is 11.7. The predicted octanol–water partition coefficient (Wildman–Crippen LogP) is 3.17. The number of hydroxylamine groups is 1. The van der Waals surface area contributed by atoms with Crippen LogP contribution in [0.5, 0.6) is 0 Å². The molecule has 0 radical (unpaired) electrons. The molecule has 0 aromatic carbocycles. The minimum Gasteiger partial charge on any atom is -0.450 e. The van der Waals surface area contributed by atoms with E-state index < -0.39 is 6.16 Å². The molecule has 1 atom stereocenters. The zero-order chi connectivity index (χ0) is 18.9. The van der Waals surface area contributed by atoms with Crippen molar-refractivity contribution in [3.8, 4) is 0 Å². The van der Waals surface area contributed by atoms with E-state index >= 15 is 0 Å². The number of rotatable bonds is 6. The Bertz CT molecular complexity index is 517. The molecule has 0 heterocycles. The highest BCUT2D eigenvalue weighted by Crippen LogP contribution is 2.39. The van der Waals surface area contributed by atoms with Crippen molar-refractivity contribution in [3.05, 3.63) is 23.9 Å². The number of carbonyl (C=O) groups is 3. The van der Waals surface area contributed by atoms with Crippen molar-refractivity contribution in [3.63, 3.8) is 0 Å². The molecule has 0 aliphatic heterocycles. The number of ketones is 2. The lowest BCUT2D eigenvalue weighted by atomic mass is 9.66. The van der Waals surface area contributed by atoms with Crippen LogP contribution >= 0.6 is 0 Å². The first kappa shape index (κ1) is 21.9. The van der Waals surface area contributed by atoms with Gasteiger partial charge in [0.1, 0.15) is 0 Å². The Kier molecular flexibility index (Phi) is 8.99. The van der Waals surface area contributed by atoms with E-state index in [0.29, 0.717) is 30.7 Å². The van der Waals surface area contributed by atoms with Crippen LogP contribution in [0.1, 0.15) is 47.0 Å². The van der Waals surface area contributed by atoms with Crippen LogP contribution in [0.2, 0.25) is 0 Å². The maximum Gasteiger partial charge on any atom is 0.503 e. The standard InChI is InChI=1S/C16H25NO3.CH2O3/c1-6-8-12(17-20-9-7-2)14-13(18)10-16(4,5)11(3)15(14)19;2-1(3)4/h7,11,17H,2,6,8-10H2,1,3-5H3;(H2,2,3,4). The van der Waals surface area contributed by atoms with Crippen molar-refractivity contribution in [2.24, 2.45) is 11.3 Å². The van der Waals surface area contributed by atoms with Crippen LogP contribution < -0.4 is 5.48 Å². The van der Waals surface area contributed by atoms with Crippen LogP contribution in [0.15, 0.2) is 23.9 Å². The second kappa shape index (κ2) is 9.87. The molecule has 0 aromatic heterocycles. The molecule has 1 unspecified atom stereocenters. The average Bonchev–Trinajstić information content (AvgIpc) is 2.44. The van der Waals surface area contributed by atoms with Crippen molar-refractivity contribution in [2.45, 2.75) is 47.0 Å². The largest absolute Gasteiger partial charge is 0.503 e. The predicted molar refractivity (Wildman–Crippen MR) is 89.4 cm³/mol. The number of Topliss-reactive ketones (excluding diaryl/α,β-unsaturated/α-hetero) is 2. The van der Waals surface area contributed by atoms with Gasteiger partial charge in [0, 0.05) is 12.3 Å². The highest BCUT2D eigenvalue weighted by molar-refractivity contribution is 6.23. The monoisotopic (exact) mass is 341 g/mol. The van der Waals surface area contributed by atoms with E-state index in [4.69, 9.17) is 19.8 Å². The Balaban J connectivity index is 0.00000118. The molecule has 0 amide bonds. The van der Waals surface area contributed by atoms with Crippen molar-refractivity contribution < 1.29 is 29.4 Å². The van der Waals surface area contributed by atoms with Gasteiger partial charge in [-0.15, -0.1) is 6.58 Å². The highest BCUT2D eigenvalue weighted by Gasteiger charge is 2.43. The fourth-order valence-electron chi connectivity index (χ4n) is 2.35. The summed E-state index contributed by atoms with van der Waals surface area (Å²) in [7, 11) is 0. The first-order valence-corrected chi connectivity index (χ1v) is 7.79. The van der Waals surface area contributed by atoms with Crippen molar-refractivity contribution in [1.82, 2.24) is 5.48 Å². The molecule has 0 aromatic rings. The van der Waals surface area contributed by atoms with Gasteiger partial charge in [0.2, 0.25) is 0 Å². The van der Waals surface area contributed by atoms with Crippen molar-refractivity contribution >= 4 is 17.7 Å². The fourth-order valence-corrected chi connectivity index (χ4v) is 2.35. The van der Waals surface area contributed by atoms with Crippen molar-refractivity contribution in [2.75, 3.05) is 6.61 Å². The van der Waals surface area contributed by atoms with Crippen LogP contribution in [0.4, 0.5) is 4.79 Å². The Morgan fingerprint density at radius 1 is 1.42 bits per heavy atom. The maximum atomic E-state index is 12.5. The van der Waals surface area contributed by atoms with Gasteiger partial charge in [-0.2, -0.15) is 0 Å². The molecule has 1 saturated carbocycles. The number of allylic oxidation sites excluding steroid dienone is 2. The summed E-state index contributed by atoms with van der Waals surface area (Å²) in [5.74, 6) is -0.330. The smallest absolute Gasteiger partial charge is 0.450 e. The summed E-state index contributed by atoms with van der Waals surface area (Å²) in [6.07, 6.45) is 1.63. The van der Waals surface area contributed by atoms with Crippen LogP contribution in [0.25, 0.3) is 0 Å². The summed E-state index contributed by atoms with van der Waals surface area (Å²) in [6, 6.07) is 0. The second-order valence-corrected chi connectivity index (χ2v) is 6.26. The topological polar surface area (TPSA) is 113 Å². The number of hydrogen-bond donors (Lipinski definition) is 3. The van der Waals surface area contributed by atoms with Gasteiger partial charge in [-0.3, -0.25) is 19.9 Å². The first-order chi connectivity index (χ1) is 11.1. The minimum absolute atomic E-state index is 0.0793. The number of hydrogen-bond acceptors (Lipinski definition) is 5. The highest BCUT2D eigenvalue weighted by atomic mass is 16.6. The van der Waals surface area contributed by atoms with E-state index in [1.54, 1.807) is 6.08 Å². The van der Waals surface area contributed by atoms with Gasteiger partial charge < -0.3 is 10.2 Å². The fraction of sp³-hybridized carbons (Fsp3) is 0.588. The summed E-state index contributed by atoms with van der Waals surface area (Å²) in [4.78, 5) is 38.6. The number of carboxylic acid groups (broad SMARTS) is 2. The molecule has 0 spiro atoms. The summed E-state index contributed by atoms with van der Waals surface area (Å²) >= 11 is 0. The molecule has 0 saturated heterocycles. The molecular formula is C17H27NO6. The van der Waals surface area contributed by atoms with Crippen molar-refractivity contribution in [1.29, 1.82) is 0 Å². The Morgan fingerprint density at radius 3 is 2.42 bits per heavy atom. The zero-order valence-electron chi connectivity index (χ0n) is 14.7. The van der Waals surface area contributed by atoms with Gasteiger partial charge in [-0.05, 0) is 11.8 Å². The molecule has 1 aliphatic carbocycles. The molecule has 7 heteroatoms. The second-order valence-electron chi connectivity index (χ2n) is 6.26. The van der Waals surface area contributed by atoms with E-state index in [1.165, 1.54) is 0 Å². The average molecular weight is 341 g/mol. The van der Waals surface area contributed by atoms with E-state index in [2.05, 4.69) is 12.1 Å². The molecular weight excluding hydrogens is 314 g/mol. The molecule has 7 nitrogen and oxygen atoms in total. The number of carbonyl (C=O) groups excluding carboxylic acids is 2. The van der Waals surface area contributed by atoms with Gasteiger partial charge >= 0.3 is 6.16 Å².